The minimum Gasteiger partial charge on any atom is -0.377 e. The average Bonchev–Trinajstić information content (AvgIpc) is 2.20. The van der Waals surface area contributed by atoms with Crippen molar-refractivity contribution in [2.24, 2.45) is 11.8 Å². The van der Waals surface area contributed by atoms with Crippen LogP contribution in [0.15, 0.2) is 0 Å². The molecule has 98 valence electrons. The first-order valence-corrected chi connectivity index (χ1v) is 6.78. The van der Waals surface area contributed by atoms with Crippen LogP contribution in [0, 0.1) is 11.8 Å². The van der Waals surface area contributed by atoms with Crippen LogP contribution in [-0.2, 0) is 4.74 Å². The van der Waals surface area contributed by atoms with Gasteiger partial charge < -0.3 is 10.1 Å². The fourth-order valence-corrected chi connectivity index (χ4v) is 1.43. The van der Waals surface area contributed by atoms with Gasteiger partial charge in [-0.15, -0.1) is 0 Å². The zero-order chi connectivity index (χ0) is 12.6. The van der Waals surface area contributed by atoms with E-state index in [0.29, 0.717) is 18.1 Å². The number of ether oxygens (including phenoxy) is 1. The van der Waals surface area contributed by atoms with Gasteiger partial charge in [0.2, 0.25) is 0 Å². The largest absolute Gasteiger partial charge is 0.377 e. The standard InChI is InChI=1S/C14H31NO/c1-11(2)7-8-13(5)15-9-10-16-14(6)12(3)4/h11-15H,7-10H2,1-6H3. The van der Waals surface area contributed by atoms with Crippen LogP contribution < -0.4 is 5.32 Å². The fraction of sp³-hybridized carbons (Fsp3) is 1.00. The SMILES string of the molecule is CC(C)CCC(C)NCCOC(C)C(C)C. The van der Waals surface area contributed by atoms with E-state index in [9.17, 15) is 0 Å². The molecule has 0 saturated carbocycles. The van der Waals surface area contributed by atoms with Gasteiger partial charge in [0.05, 0.1) is 12.7 Å². The summed E-state index contributed by atoms with van der Waals surface area (Å²) in [7, 11) is 0. The van der Waals surface area contributed by atoms with Crippen LogP contribution in [0.1, 0.15) is 54.4 Å². The third kappa shape index (κ3) is 9.17. The second-order valence-corrected chi connectivity index (χ2v) is 5.65. The predicted octanol–water partition coefficient (Wildman–Crippen LogP) is 3.46. The Labute approximate surface area is 102 Å². The molecule has 2 atom stereocenters. The molecule has 0 bridgehead atoms. The highest BCUT2D eigenvalue weighted by atomic mass is 16.5. The molecule has 2 unspecified atom stereocenters. The summed E-state index contributed by atoms with van der Waals surface area (Å²) in [6.45, 7) is 15.1. The second-order valence-electron chi connectivity index (χ2n) is 5.65. The average molecular weight is 229 g/mol. The summed E-state index contributed by atoms with van der Waals surface area (Å²) in [5.41, 5.74) is 0. The molecule has 1 N–H and O–H groups in total. The molecule has 0 heterocycles. The van der Waals surface area contributed by atoms with Crippen molar-refractivity contribution in [2.45, 2.75) is 66.5 Å². The Morgan fingerprint density at radius 2 is 1.56 bits per heavy atom. The van der Waals surface area contributed by atoms with E-state index >= 15 is 0 Å². The van der Waals surface area contributed by atoms with E-state index in [1.54, 1.807) is 0 Å². The minimum atomic E-state index is 0.368. The molecule has 0 aromatic heterocycles. The van der Waals surface area contributed by atoms with E-state index in [1.165, 1.54) is 12.8 Å². The van der Waals surface area contributed by atoms with Gasteiger partial charge in [-0.2, -0.15) is 0 Å². The Bertz CT molecular complexity index is 157. The number of nitrogens with one attached hydrogen (secondary N) is 1. The molecule has 0 aliphatic carbocycles. The maximum absolute atomic E-state index is 5.72. The van der Waals surface area contributed by atoms with E-state index in [-0.39, 0.29) is 0 Å². The van der Waals surface area contributed by atoms with Gasteiger partial charge in [0, 0.05) is 12.6 Å². The summed E-state index contributed by atoms with van der Waals surface area (Å²) >= 11 is 0. The third-order valence-electron chi connectivity index (χ3n) is 3.09. The molecular weight excluding hydrogens is 198 g/mol. The first kappa shape index (κ1) is 15.9. The van der Waals surface area contributed by atoms with Crippen LogP contribution in [0.25, 0.3) is 0 Å². The molecule has 0 fully saturated rings. The number of hydrogen-bond donors (Lipinski definition) is 1. The first-order chi connectivity index (χ1) is 7.43. The highest BCUT2D eigenvalue weighted by Gasteiger charge is 2.07. The van der Waals surface area contributed by atoms with Crippen molar-refractivity contribution in [1.82, 2.24) is 5.32 Å². The normalized spacial score (nSPS) is 15.8. The summed E-state index contributed by atoms with van der Waals surface area (Å²) < 4.78 is 5.72. The van der Waals surface area contributed by atoms with Gasteiger partial charge in [0.15, 0.2) is 0 Å². The van der Waals surface area contributed by atoms with Crippen molar-refractivity contribution in [1.29, 1.82) is 0 Å². The topological polar surface area (TPSA) is 21.3 Å². The molecule has 2 heteroatoms. The van der Waals surface area contributed by atoms with Crippen LogP contribution in [-0.4, -0.2) is 25.3 Å². The van der Waals surface area contributed by atoms with E-state index in [2.05, 4.69) is 46.9 Å². The Balaban J connectivity index is 3.37. The Morgan fingerprint density at radius 3 is 2.06 bits per heavy atom. The lowest BCUT2D eigenvalue weighted by Gasteiger charge is -2.19. The highest BCUT2D eigenvalue weighted by Crippen LogP contribution is 2.06. The molecule has 0 aromatic carbocycles. The Morgan fingerprint density at radius 1 is 0.938 bits per heavy atom. The lowest BCUT2D eigenvalue weighted by molar-refractivity contribution is 0.0364. The molecule has 0 saturated heterocycles. The molecule has 0 aromatic rings. The second kappa shape index (κ2) is 9.00. The van der Waals surface area contributed by atoms with Gasteiger partial charge in [0.1, 0.15) is 0 Å². The lowest BCUT2D eigenvalue weighted by Crippen LogP contribution is -2.31. The minimum absolute atomic E-state index is 0.368. The van der Waals surface area contributed by atoms with Crippen molar-refractivity contribution in [2.75, 3.05) is 13.2 Å². The van der Waals surface area contributed by atoms with Crippen LogP contribution in [0.3, 0.4) is 0 Å². The summed E-state index contributed by atoms with van der Waals surface area (Å²) in [6, 6.07) is 0.611. The number of rotatable bonds is 9. The molecule has 0 radical (unpaired) electrons. The summed E-state index contributed by atoms with van der Waals surface area (Å²) in [5.74, 6) is 1.42. The smallest absolute Gasteiger partial charge is 0.0594 e. The first-order valence-electron chi connectivity index (χ1n) is 6.78. The van der Waals surface area contributed by atoms with Crippen molar-refractivity contribution >= 4 is 0 Å². The van der Waals surface area contributed by atoms with Crippen molar-refractivity contribution in [3.05, 3.63) is 0 Å². The van der Waals surface area contributed by atoms with Crippen LogP contribution in [0.4, 0.5) is 0 Å². The molecule has 16 heavy (non-hydrogen) atoms. The molecule has 0 rings (SSSR count). The molecule has 0 aliphatic rings. The Kier molecular flexibility index (Phi) is 8.96. The van der Waals surface area contributed by atoms with Crippen LogP contribution in [0.2, 0.25) is 0 Å². The monoisotopic (exact) mass is 229 g/mol. The van der Waals surface area contributed by atoms with Gasteiger partial charge in [-0.1, -0.05) is 27.7 Å². The molecule has 2 nitrogen and oxygen atoms in total. The van der Waals surface area contributed by atoms with Gasteiger partial charge in [0.25, 0.3) is 0 Å². The zero-order valence-electron chi connectivity index (χ0n) is 12.0. The van der Waals surface area contributed by atoms with E-state index in [4.69, 9.17) is 4.74 Å². The van der Waals surface area contributed by atoms with Gasteiger partial charge in [-0.25, -0.2) is 0 Å². The number of hydrogen-bond acceptors (Lipinski definition) is 2. The molecule has 0 spiro atoms. The summed E-state index contributed by atoms with van der Waals surface area (Å²) in [6.07, 6.45) is 2.93. The van der Waals surface area contributed by atoms with Crippen LogP contribution in [0.5, 0.6) is 0 Å². The fourth-order valence-electron chi connectivity index (χ4n) is 1.43. The molecular formula is C14H31NO. The van der Waals surface area contributed by atoms with Crippen molar-refractivity contribution in [3.8, 4) is 0 Å². The van der Waals surface area contributed by atoms with Crippen molar-refractivity contribution < 1.29 is 4.74 Å². The van der Waals surface area contributed by atoms with Gasteiger partial charge in [-0.3, -0.25) is 0 Å². The predicted molar refractivity (Wildman–Crippen MR) is 71.8 cm³/mol. The maximum Gasteiger partial charge on any atom is 0.0594 e. The van der Waals surface area contributed by atoms with E-state index < -0.39 is 0 Å². The van der Waals surface area contributed by atoms with Gasteiger partial charge >= 0.3 is 0 Å². The van der Waals surface area contributed by atoms with Crippen LogP contribution >= 0.6 is 0 Å². The molecule has 0 aliphatic heterocycles. The zero-order valence-corrected chi connectivity index (χ0v) is 12.0. The third-order valence-corrected chi connectivity index (χ3v) is 3.09. The van der Waals surface area contributed by atoms with Crippen molar-refractivity contribution in [3.63, 3.8) is 0 Å². The molecule has 0 amide bonds. The summed E-state index contributed by atoms with van der Waals surface area (Å²) in [5, 5.41) is 3.51. The Hall–Kier alpha value is -0.0800. The van der Waals surface area contributed by atoms with E-state index in [0.717, 1.165) is 19.1 Å². The lowest BCUT2D eigenvalue weighted by atomic mass is 10.0. The maximum atomic E-state index is 5.72. The summed E-state index contributed by atoms with van der Waals surface area (Å²) in [4.78, 5) is 0. The van der Waals surface area contributed by atoms with Gasteiger partial charge in [-0.05, 0) is 38.5 Å². The highest BCUT2D eigenvalue weighted by molar-refractivity contribution is 4.62. The van der Waals surface area contributed by atoms with E-state index in [1.807, 2.05) is 0 Å². The quantitative estimate of drug-likeness (QED) is 0.611.